The minimum absolute atomic E-state index is 0.683. The molecule has 0 bridgehead atoms. The molecule has 2 rings (SSSR count). The van der Waals surface area contributed by atoms with Crippen LogP contribution in [0.15, 0.2) is 0 Å². The zero-order chi connectivity index (χ0) is 7.73. The van der Waals surface area contributed by atoms with Crippen LogP contribution in [0.3, 0.4) is 0 Å². The minimum Gasteiger partial charge on any atom is -0.330 e. The van der Waals surface area contributed by atoms with Gasteiger partial charge in [-0.2, -0.15) is 0 Å². The Labute approximate surface area is 68.5 Å². The highest BCUT2D eigenvalue weighted by Crippen LogP contribution is 2.41. The molecule has 1 saturated heterocycles. The molecular weight excluding hydrogens is 136 g/mol. The SMILES string of the molecule is NCC1CCCC2(CNC2)C1. The van der Waals surface area contributed by atoms with Gasteiger partial charge >= 0.3 is 0 Å². The molecule has 1 aliphatic carbocycles. The first-order valence-electron chi connectivity index (χ1n) is 4.75. The van der Waals surface area contributed by atoms with Crippen LogP contribution in [0.1, 0.15) is 25.7 Å². The van der Waals surface area contributed by atoms with E-state index in [0.29, 0.717) is 5.41 Å². The molecule has 1 saturated carbocycles. The van der Waals surface area contributed by atoms with Crippen LogP contribution in [0.5, 0.6) is 0 Å². The molecule has 1 heterocycles. The van der Waals surface area contributed by atoms with Crippen LogP contribution in [-0.2, 0) is 0 Å². The normalized spacial score (nSPS) is 35.2. The summed E-state index contributed by atoms with van der Waals surface area (Å²) in [6, 6.07) is 0. The second-order valence-electron chi connectivity index (χ2n) is 4.30. The van der Waals surface area contributed by atoms with Crippen LogP contribution in [0.4, 0.5) is 0 Å². The third-order valence-electron chi connectivity index (χ3n) is 3.37. The minimum atomic E-state index is 0.683. The predicted octanol–water partition coefficient (Wildman–Crippen LogP) is 0.725. The molecule has 0 amide bonds. The summed E-state index contributed by atoms with van der Waals surface area (Å²) in [6.45, 7) is 3.41. The maximum atomic E-state index is 5.68. The molecule has 0 aromatic heterocycles. The Bertz CT molecular complexity index is 140. The highest BCUT2D eigenvalue weighted by molar-refractivity contribution is 4.96. The lowest BCUT2D eigenvalue weighted by Crippen LogP contribution is -2.55. The second kappa shape index (κ2) is 2.76. The summed E-state index contributed by atoms with van der Waals surface area (Å²) in [4.78, 5) is 0. The number of nitrogens with two attached hydrogens (primary N) is 1. The van der Waals surface area contributed by atoms with E-state index in [1.807, 2.05) is 0 Å². The van der Waals surface area contributed by atoms with E-state index in [-0.39, 0.29) is 0 Å². The first-order chi connectivity index (χ1) is 5.35. The molecule has 64 valence electrons. The van der Waals surface area contributed by atoms with E-state index in [4.69, 9.17) is 5.73 Å². The Kier molecular flexibility index (Phi) is 1.90. The van der Waals surface area contributed by atoms with E-state index < -0.39 is 0 Å². The van der Waals surface area contributed by atoms with Crippen molar-refractivity contribution in [3.8, 4) is 0 Å². The standard InChI is InChI=1S/C9H18N2/c10-5-8-2-1-3-9(4-8)6-11-7-9/h8,11H,1-7,10H2. The van der Waals surface area contributed by atoms with E-state index >= 15 is 0 Å². The van der Waals surface area contributed by atoms with Crippen molar-refractivity contribution in [2.24, 2.45) is 17.1 Å². The summed E-state index contributed by atoms with van der Waals surface area (Å²) >= 11 is 0. The van der Waals surface area contributed by atoms with E-state index in [0.717, 1.165) is 12.5 Å². The van der Waals surface area contributed by atoms with Crippen LogP contribution in [0.25, 0.3) is 0 Å². The van der Waals surface area contributed by atoms with Gasteiger partial charge in [0.2, 0.25) is 0 Å². The molecule has 1 spiro atoms. The summed E-state index contributed by atoms with van der Waals surface area (Å²) in [5.74, 6) is 0.825. The first-order valence-corrected chi connectivity index (χ1v) is 4.75. The first kappa shape index (κ1) is 7.56. The van der Waals surface area contributed by atoms with E-state index in [2.05, 4.69) is 5.32 Å². The number of hydrogen-bond donors (Lipinski definition) is 2. The molecule has 2 nitrogen and oxygen atoms in total. The Morgan fingerprint density at radius 3 is 2.82 bits per heavy atom. The van der Waals surface area contributed by atoms with Crippen molar-refractivity contribution >= 4 is 0 Å². The van der Waals surface area contributed by atoms with Gasteiger partial charge in [0.25, 0.3) is 0 Å². The van der Waals surface area contributed by atoms with Crippen molar-refractivity contribution in [3.63, 3.8) is 0 Å². The fourth-order valence-electron chi connectivity index (χ4n) is 2.58. The molecule has 0 radical (unpaired) electrons. The second-order valence-corrected chi connectivity index (χ2v) is 4.30. The van der Waals surface area contributed by atoms with Gasteiger partial charge in [-0.3, -0.25) is 0 Å². The summed E-state index contributed by atoms with van der Waals surface area (Å²) in [5, 5.41) is 3.38. The van der Waals surface area contributed by atoms with Gasteiger partial charge in [-0.1, -0.05) is 6.42 Å². The molecule has 1 unspecified atom stereocenters. The van der Waals surface area contributed by atoms with Crippen molar-refractivity contribution in [1.82, 2.24) is 5.32 Å². The van der Waals surface area contributed by atoms with Crippen LogP contribution >= 0.6 is 0 Å². The topological polar surface area (TPSA) is 38.0 Å². The lowest BCUT2D eigenvalue weighted by Gasteiger charge is -2.48. The summed E-state index contributed by atoms with van der Waals surface area (Å²) in [7, 11) is 0. The van der Waals surface area contributed by atoms with Crippen molar-refractivity contribution < 1.29 is 0 Å². The third kappa shape index (κ3) is 1.30. The molecule has 2 aliphatic rings. The lowest BCUT2D eigenvalue weighted by atomic mass is 9.66. The molecular formula is C9H18N2. The highest BCUT2D eigenvalue weighted by atomic mass is 15.0. The van der Waals surface area contributed by atoms with Crippen LogP contribution in [0, 0.1) is 11.3 Å². The van der Waals surface area contributed by atoms with Gasteiger partial charge in [0, 0.05) is 13.1 Å². The Morgan fingerprint density at radius 2 is 2.27 bits per heavy atom. The van der Waals surface area contributed by atoms with E-state index in [9.17, 15) is 0 Å². The quantitative estimate of drug-likeness (QED) is 0.584. The zero-order valence-corrected chi connectivity index (χ0v) is 7.10. The van der Waals surface area contributed by atoms with Gasteiger partial charge in [0.1, 0.15) is 0 Å². The molecule has 1 aliphatic heterocycles. The Balaban J connectivity index is 1.92. The maximum absolute atomic E-state index is 5.68. The van der Waals surface area contributed by atoms with Crippen molar-refractivity contribution in [1.29, 1.82) is 0 Å². The highest BCUT2D eigenvalue weighted by Gasteiger charge is 2.40. The average Bonchev–Trinajstić information content (AvgIpc) is 2.02. The van der Waals surface area contributed by atoms with Crippen molar-refractivity contribution in [3.05, 3.63) is 0 Å². The molecule has 0 aromatic carbocycles. The van der Waals surface area contributed by atoms with Gasteiger partial charge < -0.3 is 11.1 Å². The molecule has 11 heavy (non-hydrogen) atoms. The summed E-state index contributed by atoms with van der Waals surface area (Å²) in [5.41, 5.74) is 6.37. The van der Waals surface area contributed by atoms with Gasteiger partial charge in [0.15, 0.2) is 0 Å². The van der Waals surface area contributed by atoms with Gasteiger partial charge in [0.05, 0.1) is 0 Å². The van der Waals surface area contributed by atoms with E-state index in [1.165, 1.54) is 38.8 Å². The van der Waals surface area contributed by atoms with Gasteiger partial charge in [-0.15, -0.1) is 0 Å². The third-order valence-corrected chi connectivity index (χ3v) is 3.37. The van der Waals surface area contributed by atoms with E-state index in [1.54, 1.807) is 0 Å². The zero-order valence-electron chi connectivity index (χ0n) is 7.10. The number of nitrogens with one attached hydrogen (secondary N) is 1. The van der Waals surface area contributed by atoms with Gasteiger partial charge in [-0.25, -0.2) is 0 Å². The molecule has 1 atom stereocenters. The number of hydrogen-bond acceptors (Lipinski definition) is 2. The Morgan fingerprint density at radius 1 is 1.45 bits per heavy atom. The predicted molar refractivity (Wildman–Crippen MR) is 46.3 cm³/mol. The summed E-state index contributed by atoms with van der Waals surface area (Å²) < 4.78 is 0. The molecule has 3 N–H and O–H groups in total. The van der Waals surface area contributed by atoms with Crippen LogP contribution < -0.4 is 11.1 Å². The summed E-state index contributed by atoms with van der Waals surface area (Å²) in [6.07, 6.45) is 5.61. The molecule has 2 heteroatoms. The molecule has 2 fully saturated rings. The largest absolute Gasteiger partial charge is 0.330 e. The fourth-order valence-corrected chi connectivity index (χ4v) is 2.58. The average molecular weight is 154 g/mol. The maximum Gasteiger partial charge on any atom is 0.00203 e. The Hall–Kier alpha value is -0.0800. The monoisotopic (exact) mass is 154 g/mol. The smallest absolute Gasteiger partial charge is 0.00203 e. The fraction of sp³-hybridized carbons (Fsp3) is 1.00. The lowest BCUT2D eigenvalue weighted by molar-refractivity contribution is 0.0750. The van der Waals surface area contributed by atoms with Crippen LogP contribution in [0.2, 0.25) is 0 Å². The van der Waals surface area contributed by atoms with Gasteiger partial charge in [-0.05, 0) is 37.1 Å². The number of rotatable bonds is 1. The molecule has 0 aromatic rings. The van der Waals surface area contributed by atoms with Crippen molar-refractivity contribution in [2.45, 2.75) is 25.7 Å². The van der Waals surface area contributed by atoms with Crippen molar-refractivity contribution in [2.75, 3.05) is 19.6 Å². The van der Waals surface area contributed by atoms with Crippen LogP contribution in [-0.4, -0.2) is 19.6 Å².